The predicted octanol–water partition coefficient (Wildman–Crippen LogP) is 1.99. The van der Waals surface area contributed by atoms with Crippen molar-refractivity contribution in [3.8, 4) is 5.75 Å². The van der Waals surface area contributed by atoms with Crippen molar-refractivity contribution in [1.82, 2.24) is 15.1 Å². The Kier molecular flexibility index (Phi) is 5.08. The number of nitrogens with one attached hydrogen (secondary N) is 1. The number of nitrogens with zero attached hydrogens (tertiary/aromatic N) is 2. The molecule has 3 N–H and O–H groups in total. The second kappa shape index (κ2) is 7.50. The lowest BCUT2D eigenvalue weighted by atomic mass is 9.83. The van der Waals surface area contributed by atoms with Crippen LogP contribution in [0.15, 0.2) is 24.4 Å². The summed E-state index contributed by atoms with van der Waals surface area (Å²) in [6, 6.07) is 5.64. The van der Waals surface area contributed by atoms with Gasteiger partial charge in [0.25, 0.3) is 5.91 Å². The molecular weight excluding hydrogens is 368 g/mol. The van der Waals surface area contributed by atoms with Gasteiger partial charge in [-0.1, -0.05) is 17.7 Å². The second-order valence-corrected chi connectivity index (χ2v) is 7.57. The molecule has 4 rings (SSSR count). The number of H-pyrrole nitrogens is 1. The molecule has 144 valence electrons. The minimum atomic E-state index is -0.525. The van der Waals surface area contributed by atoms with Gasteiger partial charge in [0.15, 0.2) is 6.61 Å². The van der Waals surface area contributed by atoms with Gasteiger partial charge in [0, 0.05) is 19.6 Å². The van der Waals surface area contributed by atoms with Gasteiger partial charge >= 0.3 is 0 Å². The average Bonchev–Trinajstić information content (AvgIpc) is 3.13. The van der Waals surface area contributed by atoms with E-state index < -0.39 is 5.91 Å². The monoisotopic (exact) mass is 390 g/mol. The largest absolute Gasteiger partial charge is 0.482 e. The highest BCUT2D eigenvalue weighted by Crippen LogP contribution is 2.40. The Morgan fingerprint density at radius 2 is 2.22 bits per heavy atom. The maximum absolute atomic E-state index is 10.8. The number of nitrogens with two attached hydrogens (primary N) is 1. The zero-order valence-electron chi connectivity index (χ0n) is 15.0. The molecule has 0 saturated carbocycles. The predicted molar refractivity (Wildman–Crippen MR) is 101 cm³/mol. The molecule has 3 heterocycles. The van der Waals surface area contributed by atoms with Crippen molar-refractivity contribution >= 4 is 17.5 Å². The number of carbonyl (C=O) groups is 1. The number of amides is 1. The van der Waals surface area contributed by atoms with Gasteiger partial charge in [0.1, 0.15) is 11.4 Å². The summed E-state index contributed by atoms with van der Waals surface area (Å²) in [5.74, 6) is -0.0538. The van der Waals surface area contributed by atoms with E-state index in [4.69, 9.17) is 26.8 Å². The molecule has 1 fully saturated rings. The number of carbonyl (C=O) groups excluding carboxylic acids is 1. The van der Waals surface area contributed by atoms with Crippen molar-refractivity contribution in [3.63, 3.8) is 0 Å². The SMILES string of the molecule is NC(=O)COc1ccc(CN2CCC3(CC2)OCCc2cn[nH]c23)cc1Cl. The average molecular weight is 391 g/mol. The molecule has 0 aliphatic carbocycles. The van der Waals surface area contributed by atoms with E-state index in [1.54, 1.807) is 6.07 Å². The molecule has 1 aromatic heterocycles. The summed E-state index contributed by atoms with van der Waals surface area (Å²) in [5.41, 5.74) is 8.43. The molecule has 2 aromatic rings. The number of likely N-dealkylation sites (tertiary alicyclic amines) is 1. The summed E-state index contributed by atoms with van der Waals surface area (Å²) in [6.07, 6.45) is 4.74. The summed E-state index contributed by atoms with van der Waals surface area (Å²) < 4.78 is 11.5. The molecule has 0 unspecified atom stereocenters. The van der Waals surface area contributed by atoms with Gasteiger partial charge in [-0.25, -0.2) is 0 Å². The summed E-state index contributed by atoms with van der Waals surface area (Å²) in [4.78, 5) is 13.2. The molecule has 1 amide bonds. The summed E-state index contributed by atoms with van der Waals surface area (Å²) in [7, 11) is 0. The number of ether oxygens (including phenoxy) is 2. The van der Waals surface area contributed by atoms with Crippen molar-refractivity contribution < 1.29 is 14.3 Å². The van der Waals surface area contributed by atoms with Crippen molar-refractivity contribution in [2.75, 3.05) is 26.3 Å². The van der Waals surface area contributed by atoms with E-state index in [2.05, 4.69) is 15.1 Å². The minimum absolute atomic E-state index is 0.178. The second-order valence-electron chi connectivity index (χ2n) is 7.16. The number of piperidine rings is 1. The number of fused-ring (bicyclic) bond motifs is 2. The molecule has 0 radical (unpaired) electrons. The van der Waals surface area contributed by atoms with Crippen LogP contribution in [0.1, 0.15) is 29.7 Å². The lowest BCUT2D eigenvalue weighted by Crippen LogP contribution is -2.46. The van der Waals surface area contributed by atoms with Crippen LogP contribution in [0.5, 0.6) is 5.75 Å². The van der Waals surface area contributed by atoms with Crippen LogP contribution in [0.3, 0.4) is 0 Å². The van der Waals surface area contributed by atoms with Crippen LogP contribution in [-0.2, 0) is 28.1 Å². The summed E-state index contributed by atoms with van der Waals surface area (Å²) in [6.45, 7) is 3.27. The maximum atomic E-state index is 10.8. The first-order valence-corrected chi connectivity index (χ1v) is 9.52. The van der Waals surface area contributed by atoms with E-state index in [-0.39, 0.29) is 12.2 Å². The molecule has 1 aromatic carbocycles. The van der Waals surface area contributed by atoms with Crippen LogP contribution in [-0.4, -0.2) is 47.3 Å². The van der Waals surface area contributed by atoms with Crippen molar-refractivity contribution in [3.05, 3.63) is 46.2 Å². The molecule has 1 saturated heterocycles. The van der Waals surface area contributed by atoms with E-state index in [1.165, 1.54) is 5.56 Å². The third-order valence-electron chi connectivity index (χ3n) is 5.36. The fourth-order valence-electron chi connectivity index (χ4n) is 3.96. The molecule has 27 heavy (non-hydrogen) atoms. The highest BCUT2D eigenvalue weighted by atomic mass is 35.5. The maximum Gasteiger partial charge on any atom is 0.255 e. The molecule has 1 spiro atoms. The van der Waals surface area contributed by atoms with Crippen LogP contribution in [0.2, 0.25) is 5.02 Å². The number of hydrogen-bond donors (Lipinski definition) is 2. The van der Waals surface area contributed by atoms with E-state index in [0.717, 1.165) is 56.8 Å². The van der Waals surface area contributed by atoms with Crippen LogP contribution in [0.25, 0.3) is 0 Å². The normalized spacial score (nSPS) is 19.0. The Labute approximate surface area is 162 Å². The van der Waals surface area contributed by atoms with Crippen molar-refractivity contribution in [2.24, 2.45) is 5.73 Å². The van der Waals surface area contributed by atoms with Crippen LogP contribution >= 0.6 is 11.6 Å². The van der Waals surface area contributed by atoms with E-state index in [9.17, 15) is 4.79 Å². The quantitative estimate of drug-likeness (QED) is 0.814. The van der Waals surface area contributed by atoms with E-state index >= 15 is 0 Å². The lowest BCUT2D eigenvalue weighted by Gasteiger charge is -2.43. The Hall–Kier alpha value is -2.09. The number of aromatic nitrogens is 2. The first kappa shape index (κ1) is 18.3. The first-order chi connectivity index (χ1) is 13.1. The zero-order chi connectivity index (χ0) is 18.9. The number of halogens is 1. The number of aromatic amines is 1. The molecule has 0 atom stereocenters. The summed E-state index contributed by atoms with van der Waals surface area (Å²) >= 11 is 6.26. The van der Waals surface area contributed by atoms with Crippen LogP contribution in [0, 0.1) is 0 Å². The minimum Gasteiger partial charge on any atom is -0.482 e. The van der Waals surface area contributed by atoms with Crippen molar-refractivity contribution in [2.45, 2.75) is 31.4 Å². The smallest absolute Gasteiger partial charge is 0.255 e. The molecule has 0 bridgehead atoms. The standard InChI is InChI=1S/C19H23ClN4O3/c20-15-9-13(1-2-16(15)26-12-17(21)25)11-24-6-4-19(5-7-24)18-14(3-8-27-19)10-22-23-18/h1-2,9-10H,3-8,11-12H2,(H2,21,25)(H,22,23). The van der Waals surface area contributed by atoms with Gasteiger partial charge in [-0.05, 0) is 42.5 Å². The lowest BCUT2D eigenvalue weighted by molar-refractivity contribution is -0.119. The molecule has 2 aliphatic heterocycles. The van der Waals surface area contributed by atoms with E-state index in [0.29, 0.717) is 10.8 Å². The third-order valence-corrected chi connectivity index (χ3v) is 5.65. The summed E-state index contributed by atoms with van der Waals surface area (Å²) in [5, 5.41) is 7.85. The van der Waals surface area contributed by atoms with Gasteiger partial charge in [-0.3, -0.25) is 14.8 Å². The Morgan fingerprint density at radius 1 is 1.41 bits per heavy atom. The number of rotatable bonds is 5. The number of primary amides is 1. The van der Waals surface area contributed by atoms with Crippen molar-refractivity contribution in [1.29, 1.82) is 0 Å². The fraction of sp³-hybridized carbons (Fsp3) is 0.474. The van der Waals surface area contributed by atoms with Gasteiger partial charge in [0.05, 0.1) is 23.5 Å². The highest BCUT2D eigenvalue weighted by Gasteiger charge is 2.42. The van der Waals surface area contributed by atoms with E-state index in [1.807, 2.05) is 18.3 Å². The first-order valence-electron chi connectivity index (χ1n) is 9.14. The molecule has 7 nitrogen and oxygen atoms in total. The van der Waals surface area contributed by atoms with Gasteiger partial charge in [-0.15, -0.1) is 0 Å². The Morgan fingerprint density at radius 3 is 2.96 bits per heavy atom. The molecular formula is C19H23ClN4O3. The fourth-order valence-corrected chi connectivity index (χ4v) is 4.21. The Bertz CT molecular complexity index is 830. The number of hydrogen-bond acceptors (Lipinski definition) is 5. The highest BCUT2D eigenvalue weighted by molar-refractivity contribution is 6.32. The third kappa shape index (κ3) is 3.81. The van der Waals surface area contributed by atoms with Crippen LogP contribution < -0.4 is 10.5 Å². The topological polar surface area (TPSA) is 93.5 Å². The Balaban J connectivity index is 1.37. The zero-order valence-corrected chi connectivity index (χ0v) is 15.8. The van der Waals surface area contributed by atoms with Gasteiger partial charge in [-0.2, -0.15) is 5.10 Å². The molecule has 2 aliphatic rings. The number of benzene rings is 1. The van der Waals surface area contributed by atoms with Gasteiger partial charge < -0.3 is 15.2 Å². The van der Waals surface area contributed by atoms with Gasteiger partial charge in [0.2, 0.25) is 0 Å². The van der Waals surface area contributed by atoms with Crippen LogP contribution in [0.4, 0.5) is 0 Å². The molecule has 8 heteroatoms.